The number of aryl methyl sites for hydroxylation is 1. The molecule has 114 valence electrons. The first-order valence-corrected chi connectivity index (χ1v) is 8.95. The number of aliphatic hydroxyl groups is 1. The fourth-order valence-electron chi connectivity index (χ4n) is 1.92. The van der Waals surface area contributed by atoms with Gasteiger partial charge in [0.25, 0.3) is 0 Å². The van der Waals surface area contributed by atoms with E-state index < -0.39 is 16.1 Å². The van der Waals surface area contributed by atoms with Crippen molar-refractivity contribution in [1.82, 2.24) is 4.72 Å². The van der Waals surface area contributed by atoms with Crippen LogP contribution in [0.4, 0.5) is 5.69 Å². The molecule has 0 radical (unpaired) electrons. The van der Waals surface area contributed by atoms with Crippen LogP contribution in [0.15, 0.2) is 39.9 Å². The van der Waals surface area contributed by atoms with Gasteiger partial charge in [-0.05, 0) is 46.5 Å². The molecule has 2 aromatic rings. The van der Waals surface area contributed by atoms with E-state index in [1.165, 1.54) is 23.5 Å². The van der Waals surface area contributed by atoms with Crippen LogP contribution in [-0.2, 0) is 16.4 Å². The van der Waals surface area contributed by atoms with Crippen molar-refractivity contribution in [3.63, 3.8) is 0 Å². The SMILES string of the molecule is CCc1ccc(S(=O)(=O)NCC(O)c2ccsc2)cc1N. The number of nitrogens with two attached hydrogens (primary N) is 1. The minimum Gasteiger partial charge on any atom is -0.398 e. The lowest BCUT2D eigenvalue weighted by molar-refractivity contribution is 0.182. The molecule has 21 heavy (non-hydrogen) atoms. The summed E-state index contributed by atoms with van der Waals surface area (Å²) < 4.78 is 26.8. The number of thiophene rings is 1. The highest BCUT2D eigenvalue weighted by atomic mass is 32.2. The van der Waals surface area contributed by atoms with Crippen LogP contribution in [-0.4, -0.2) is 20.1 Å². The highest BCUT2D eigenvalue weighted by molar-refractivity contribution is 7.89. The third-order valence-corrected chi connectivity index (χ3v) is 5.33. The molecule has 1 atom stereocenters. The fraction of sp³-hybridized carbons (Fsp3) is 0.286. The lowest BCUT2D eigenvalue weighted by atomic mass is 10.1. The van der Waals surface area contributed by atoms with Crippen LogP contribution in [0, 0.1) is 0 Å². The molecular weight excluding hydrogens is 308 g/mol. The van der Waals surface area contributed by atoms with Crippen molar-refractivity contribution < 1.29 is 13.5 Å². The Morgan fingerprint density at radius 3 is 2.71 bits per heavy atom. The topological polar surface area (TPSA) is 92.4 Å². The summed E-state index contributed by atoms with van der Waals surface area (Å²) in [5.74, 6) is 0. The number of aliphatic hydroxyl groups excluding tert-OH is 1. The van der Waals surface area contributed by atoms with Crippen molar-refractivity contribution in [1.29, 1.82) is 0 Å². The molecule has 0 bridgehead atoms. The van der Waals surface area contributed by atoms with Gasteiger partial charge in [0.2, 0.25) is 10.0 Å². The average molecular weight is 326 g/mol. The predicted molar refractivity (Wildman–Crippen MR) is 84.7 cm³/mol. The molecule has 1 aromatic carbocycles. The van der Waals surface area contributed by atoms with E-state index in [4.69, 9.17) is 5.73 Å². The van der Waals surface area contributed by atoms with E-state index in [0.29, 0.717) is 11.3 Å². The number of nitrogen functional groups attached to an aromatic ring is 1. The molecule has 0 aliphatic heterocycles. The summed E-state index contributed by atoms with van der Waals surface area (Å²) in [5, 5.41) is 13.5. The first-order chi connectivity index (χ1) is 9.94. The van der Waals surface area contributed by atoms with Gasteiger partial charge in [-0.15, -0.1) is 0 Å². The van der Waals surface area contributed by atoms with Gasteiger partial charge in [0.1, 0.15) is 0 Å². The van der Waals surface area contributed by atoms with Gasteiger partial charge in [-0.1, -0.05) is 13.0 Å². The number of sulfonamides is 1. The second kappa shape index (κ2) is 6.57. The van der Waals surface area contributed by atoms with Gasteiger partial charge in [-0.2, -0.15) is 11.3 Å². The summed E-state index contributed by atoms with van der Waals surface area (Å²) >= 11 is 1.45. The molecule has 5 nitrogen and oxygen atoms in total. The smallest absolute Gasteiger partial charge is 0.240 e. The van der Waals surface area contributed by atoms with Crippen molar-refractivity contribution in [2.75, 3.05) is 12.3 Å². The van der Waals surface area contributed by atoms with E-state index in [1.807, 2.05) is 12.3 Å². The summed E-state index contributed by atoms with van der Waals surface area (Å²) in [6.07, 6.45) is -0.116. The summed E-state index contributed by atoms with van der Waals surface area (Å²) in [6, 6.07) is 6.43. The van der Waals surface area contributed by atoms with Crippen LogP contribution in [0.3, 0.4) is 0 Å². The third kappa shape index (κ3) is 3.82. The average Bonchev–Trinajstić information content (AvgIpc) is 2.99. The third-order valence-electron chi connectivity index (χ3n) is 3.20. The van der Waals surface area contributed by atoms with E-state index in [9.17, 15) is 13.5 Å². The van der Waals surface area contributed by atoms with Gasteiger partial charge in [-0.3, -0.25) is 0 Å². The van der Waals surface area contributed by atoms with Gasteiger partial charge in [-0.25, -0.2) is 13.1 Å². The Kier molecular flexibility index (Phi) is 5.00. The van der Waals surface area contributed by atoms with E-state index in [0.717, 1.165) is 12.0 Å². The van der Waals surface area contributed by atoms with Gasteiger partial charge >= 0.3 is 0 Å². The molecular formula is C14H18N2O3S2. The van der Waals surface area contributed by atoms with Gasteiger partial charge in [0.15, 0.2) is 0 Å². The van der Waals surface area contributed by atoms with Gasteiger partial charge in [0.05, 0.1) is 11.0 Å². The van der Waals surface area contributed by atoms with E-state index >= 15 is 0 Å². The number of rotatable bonds is 6. The molecule has 1 unspecified atom stereocenters. The van der Waals surface area contributed by atoms with Crippen LogP contribution >= 0.6 is 11.3 Å². The lowest BCUT2D eigenvalue weighted by Crippen LogP contribution is -2.28. The minimum atomic E-state index is -3.68. The van der Waals surface area contributed by atoms with Crippen LogP contribution in [0.2, 0.25) is 0 Å². The number of benzene rings is 1. The Bertz CT molecular complexity index is 697. The number of hydrogen-bond donors (Lipinski definition) is 3. The van der Waals surface area contributed by atoms with E-state index in [2.05, 4.69) is 4.72 Å². The first-order valence-electron chi connectivity index (χ1n) is 6.52. The Labute approximate surface area is 128 Å². The van der Waals surface area contributed by atoms with Crippen molar-refractivity contribution >= 4 is 27.0 Å². The molecule has 0 aliphatic carbocycles. The van der Waals surface area contributed by atoms with Gasteiger partial charge in [0, 0.05) is 12.2 Å². The Morgan fingerprint density at radius 2 is 2.14 bits per heavy atom. The zero-order valence-corrected chi connectivity index (χ0v) is 13.2. The van der Waals surface area contributed by atoms with Crippen LogP contribution in [0.5, 0.6) is 0 Å². The normalized spacial score (nSPS) is 13.2. The molecule has 0 fully saturated rings. The molecule has 1 heterocycles. The van der Waals surface area contributed by atoms with Crippen molar-refractivity contribution in [2.24, 2.45) is 0 Å². The molecule has 1 aromatic heterocycles. The zero-order valence-electron chi connectivity index (χ0n) is 11.6. The Morgan fingerprint density at radius 1 is 1.38 bits per heavy atom. The molecule has 0 saturated heterocycles. The molecule has 0 spiro atoms. The van der Waals surface area contributed by atoms with E-state index in [-0.39, 0.29) is 11.4 Å². The molecule has 7 heteroatoms. The first kappa shape index (κ1) is 16.0. The minimum absolute atomic E-state index is 0.0749. The summed E-state index contributed by atoms with van der Waals surface area (Å²) in [6.45, 7) is 1.88. The number of hydrogen-bond acceptors (Lipinski definition) is 5. The summed E-state index contributed by atoms with van der Waals surface area (Å²) in [5.41, 5.74) is 7.89. The van der Waals surface area contributed by atoms with Gasteiger partial charge < -0.3 is 10.8 Å². The quantitative estimate of drug-likeness (QED) is 0.707. The second-order valence-electron chi connectivity index (χ2n) is 4.64. The maximum atomic E-state index is 12.2. The Hall–Kier alpha value is -1.41. The zero-order chi connectivity index (χ0) is 15.5. The summed E-state index contributed by atoms with van der Waals surface area (Å²) in [4.78, 5) is 0.106. The maximum absolute atomic E-state index is 12.2. The number of nitrogens with one attached hydrogen (secondary N) is 1. The molecule has 4 N–H and O–H groups in total. The molecule has 0 saturated carbocycles. The highest BCUT2D eigenvalue weighted by Gasteiger charge is 2.17. The molecule has 2 rings (SSSR count). The monoisotopic (exact) mass is 326 g/mol. The highest BCUT2D eigenvalue weighted by Crippen LogP contribution is 2.20. The summed E-state index contributed by atoms with van der Waals surface area (Å²) in [7, 11) is -3.68. The molecule has 0 amide bonds. The lowest BCUT2D eigenvalue weighted by Gasteiger charge is -2.12. The maximum Gasteiger partial charge on any atom is 0.240 e. The van der Waals surface area contributed by atoms with E-state index in [1.54, 1.807) is 17.5 Å². The largest absolute Gasteiger partial charge is 0.398 e. The van der Waals surface area contributed by atoms with Crippen LogP contribution in [0.25, 0.3) is 0 Å². The fourth-order valence-corrected chi connectivity index (χ4v) is 3.70. The van der Waals surface area contributed by atoms with Crippen molar-refractivity contribution in [3.8, 4) is 0 Å². The standard InChI is InChI=1S/C14H18N2O3S2/c1-2-10-3-4-12(7-13(10)15)21(18,19)16-8-14(17)11-5-6-20-9-11/h3-7,9,14,16-17H,2,8,15H2,1H3. The Balaban J connectivity index is 2.10. The molecule has 0 aliphatic rings. The predicted octanol–water partition coefficient (Wildman–Crippen LogP) is 1.90. The number of anilines is 1. The van der Waals surface area contributed by atoms with Crippen molar-refractivity contribution in [3.05, 3.63) is 46.2 Å². The van der Waals surface area contributed by atoms with Crippen molar-refractivity contribution in [2.45, 2.75) is 24.3 Å². The van der Waals surface area contributed by atoms with Crippen LogP contribution in [0.1, 0.15) is 24.2 Å². The van der Waals surface area contributed by atoms with Crippen LogP contribution < -0.4 is 10.5 Å². The second-order valence-corrected chi connectivity index (χ2v) is 7.19.